The van der Waals surface area contributed by atoms with Crippen molar-refractivity contribution in [3.8, 4) is 0 Å². The molecule has 5 heteroatoms. The molecule has 1 atom stereocenters. The van der Waals surface area contributed by atoms with E-state index in [1.54, 1.807) is 11.3 Å². The molecule has 0 aromatic carbocycles. The molecule has 3 N–H and O–H groups in total. The van der Waals surface area contributed by atoms with Crippen LogP contribution in [0.15, 0.2) is 0 Å². The molecule has 0 fully saturated rings. The van der Waals surface area contributed by atoms with Crippen molar-refractivity contribution < 1.29 is 4.79 Å². The Kier molecular flexibility index (Phi) is 2.52. The van der Waals surface area contributed by atoms with Crippen LogP contribution in [-0.2, 0) is 17.6 Å². The molecule has 4 nitrogen and oxygen atoms in total. The summed E-state index contributed by atoms with van der Waals surface area (Å²) in [5.41, 5.74) is 6.96. The summed E-state index contributed by atoms with van der Waals surface area (Å²) < 4.78 is 0. The number of aryl methyl sites for hydroxylation is 1. The van der Waals surface area contributed by atoms with Crippen LogP contribution >= 0.6 is 11.3 Å². The molecule has 1 heterocycles. The van der Waals surface area contributed by atoms with E-state index in [1.807, 2.05) is 0 Å². The molecule has 76 valence electrons. The Morgan fingerprint density at radius 2 is 2.50 bits per heavy atom. The van der Waals surface area contributed by atoms with Crippen molar-refractivity contribution in [2.24, 2.45) is 5.73 Å². The first-order valence-corrected chi connectivity index (χ1v) is 5.48. The number of amides is 1. The van der Waals surface area contributed by atoms with Gasteiger partial charge in [0, 0.05) is 17.8 Å². The van der Waals surface area contributed by atoms with E-state index >= 15 is 0 Å². The quantitative estimate of drug-likeness (QED) is 0.725. The largest absolute Gasteiger partial charge is 0.327 e. The van der Waals surface area contributed by atoms with Crippen LogP contribution in [0.5, 0.6) is 0 Å². The maximum atomic E-state index is 10.8. The van der Waals surface area contributed by atoms with Gasteiger partial charge in [-0.25, -0.2) is 4.98 Å². The summed E-state index contributed by atoms with van der Waals surface area (Å²) >= 11 is 1.54. The number of nitrogens with zero attached hydrogens (tertiary/aromatic N) is 1. The van der Waals surface area contributed by atoms with Crippen molar-refractivity contribution >= 4 is 22.4 Å². The Morgan fingerprint density at radius 3 is 3.21 bits per heavy atom. The highest BCUT2D eigenvalue weighted by atomic mass is 32.1. The smallest absolute Gasteiger partial charge is 0.223 e. The number of hydrogen-bond acceptors (Lipinski definition) is 4. The molecule has 1 aliphatic carbocycles. The highest BCUT2D eigenvalue weighted by Gasteiger charge is 2.20. The van der Waals surface area contributed by atoms with Gasteiger partial charge in [-0.3, -0.25) is 4.79 Å². The van der Waals surface area contributed by atoms with Gasteiger partial charge in [-0.05, 0) is 19.3 Å². The zero-order chi connectivity index (χ0) is 10.1. The van der Waals surface area contributed by atoms with Crippen LogP contribution in [0, 0.1) is 0 Å². The van der Waals surface area contributed by atoms with Crippen molar-refractivity contribution in [2.45, 2.75) is 32.2 Å². The van der Waals surface area contributed by atoms with Gasteiger partial charge in [0.25, 0.3) is 0 Å². The van der Waals surface area contributed by atoms with Gasteiger partial charge in [-0.1, -0.05) is 0 Å². The minimum Gasteiger partial charge on any atom is -0.327 e. The van der Waals surface area contributed by atoms with E-state index < -0.39 is 0 Å². The summed E-state index contributed by atoms with van der Waals surface area (Å²) in [4.78, 5) is 16.4. The maximum Gasteiger partial charge on any atom is 0.223 e. The van der Waals surface area contributed by atoms with E-state index in [-0.39, 0.29) is 11.9 Å². The SMILES string of the molecule is CC(=O)Nc1nc2c(s1)C[C@H](N)CC2. The van der Waals surface area contributed by atoms with Crippen LogP contribution in [0.1, 0.15) is 23.9 Å². The zero-order valence-electron chi connectivity index (χ0n) is 8.04. The van der Waals surface area contributed by atoms with Crippen LogP contribution in [0.25, 0.3) is 0 Å². The summed E-state index contributed by atoms with van der Waals surface area (Å²) in [6.07, 6.45) is 2.83. The van der Waals surface area contributed by atoms with Gasteiger partial charge in [0.05, 0.1) is 5.69 Å². The van der Waals surface area contributed by atoms with Crippen LogP contribution in [0.2, 0.25) is 0 Å². The Bertz CT molecular complexity index is 361. The lowest BCUT2D eigenvalue weighted by Crippen LogP contribution is -2.26. The number of aromatic nitrogens is 1. The normalized spacial score (nSPS) is 20.3. The van der Waals surface area contributed by atoms with Crippen molar-refractivity contribution in [1.29, 1.82) is 0 Å². The van der Waals surface area contributed by atoms with E-state index in [0.29, 0.717) is 5.13 Å². The van der Waals surface area contributed by atoms with Gasteiger partial charge >= 0.3 is 0 Å². The molecule has 0 radical (unpaired) electrons. The van der Waals surface area contributed by atoms with Gasteiger partial charge < -0.3 is 11.1 Å². The summed E-state index contributed by atoms with van der Waals surface area (Å²) in [6.45, 7) is 1.49. The molecule has 2 rings (SSSR count). The number of carbonyl (C=O) groups is 1. The second-order valence-electron chi connectivity index (χ2n) is 3.57. The number of nitrogens with two attached hydrogens (primary N) is 1. The monoisotopic (exact) mass is 211 g/mol. The Balaban J connectivity index is 2.19. The molecular formula is C9H13N3OS. The molecule has 14 heavy (non-hydrogen) atoms. The fraction of sp³-hybridized carbons (Fsp3) is 0.556. The first-order chi connectivity index (χ1) is 6.65. The molecule has 0 spiro atoms. The molecule has 1 aliphatic rings. The molecule has 1 aromatic heterocycles. The second-order valence-corrected chi connectivity index (χ2v) is 4.66. The Labute approximate surface area is 86.5 Å². The van der Waals surface area contributed by atoms with Gasteiger partial charge in [-0.15, -0.1) is 11.3 Å². The molecular weight excluding hydrogens is 198 g/mol. The predicted octanol–water partition coefficient (Wildman–Crippen LogP) is 0.917. The number of hydrogen-bond donors (Lipinski definition) is 2. The fourth-order valence-electron chi connectivity index (χ4n) is 1.60. The minimum absolute atomic E-state index is 0.0691. The molecule has 1 amide bonds. The van der Waals surface area contributed by atoms with Crippen molar-refractivity contribution in [1.82, 2.24) is 4.98 Å². The fourth-order valence-corrected chi connectivity index (χ4v) is 2.75. The van der Waals surface area contributed by atoms with E-state index in [9.17, 15) is 4.79 Å². The summed E-state index contributed by atoms with van der Waals surface area (Å²) in [6, 6.07) is 0.258. The Hall–Kier alpha value is -0.940. The molecule has 1 aromatic rings. The zero-order valence-corrected chi connectivity index (χ0v) is 8.86. The number of rotatable bonds is 1. The van der Waals surface area contributed by atoms with Gasteiger partial charge in [-0.2, -0.15) is 0 Å². The van der Waals surface area contributed by atoms with E-state index in [0.717, 1.165) is 25.0 Å². The van der Waals surface area contributed by atoms with Crippen molar-refractivity contribution in [2.75, 3.05) is 5.32 Å². The predicted molar refractivity (Wildman–Crippen MR) is 56.4 cm³/mol. The Morgan fingerprint density at radius 1 is 1.71 bits per heavy atom. The number of anilines is 1. The average molecular weight is 211 g/mol. The van der Waals surface area contributed by atoms with Crippen molar-refractivity contribution in [3.63, 3.8) is 0 Å². The van der Waals surface area contributed by atoms with Crippen LogP contribution in [-0.4, -0.2) is 16.9 Å². The number of carbonyl (C=O) groups excluding carboxylic acids is 1. The van der Waals surface area contributed by atoms with Gasteiger partial charge in [0.2, 0.25) is 5.91 Å². The maximum absolute atomic E-state index is 10.8. The highest BCUT2D eigenvalue weighted by molar-refractivity contribution is 7.15. The van der Waals surface area contributed by atoms with E-state index in [2.05, 4.69) is 10.3 Å². The lowest BCUT2D eigenvalue weighted by molar-refractivity contribution is -0.114. The minimum atomic E-state index is -0.0691. The third-order valence-corrected chi connectivity index (χ3v) is 3.30. The van der Waals surface area contributed by atoms with Crippen LogP contribution < -0.4 is 11.1 Å². The third-order valence-electron chi connectivity index (χ3n) is 2.26. The van der Waals surface area contributed by atoms with Crippen molar-refractivity contribution in [3.05, 3.63) is 10.6 Å². The average Bonchev–Trinajstić information content (AvgIpc) is 2.44. The topological polar surface area (TPSA) is 68.0 Å². The van der Waals surface area contributed by atoms with Gasteiger partial charge in [0.15, 0.2) is 5.13 Å². The second kappa shape index (κ2) is 3.67. The molecule has 0 saturated carbocycles. The first kappa shape index (κ1) is 9.61. The summed E-state index contributed by atoms with van der Waals surface area (Å²) in [7, 11) is 0. The van der Waals surface area contributed by atoms with Crippen LogP contribution in [0.3, 0.4) is 0 Å². The summed E-state index contributed by atoms with van der Waals surface area (Å²) in [5.74, 6) is -0.0691. The van der Waals surface area contributed by atoms with E-state index in [4.69, 9.17) is 5.73 Å². The van der Waals surface area contributed by atoms with Crippen LogP contribution in [0.4, 0.5) is 5.13 Å². The lowest BCUT2D eigenvalue weighted by Gasteiger charge is -2.15. The number of thiazole rings is 1. The molecule has 0 unspecified atom stereocenters. The summed E-state index contributed by atoms with van der Waals surface area (Å²) in [5, 5.41) is 3.41. The third kappa shape index (κ3) is 1.93. The number of nitrogens with one attached hydrogen (secondary N) is 1. The first-order valence-electron chi connectivity index (χ1n) is 4.67. The standard InChI is InChI=1S/C9H13N3OS/c1-5(13)11-9-12-7-3-2-6(10)4-8(7)14-9/h6H,2-4,10H2,1H3,(H,11,12,13)/t6-/m1/s1. The number of fused-ring (bicyclic) bond motifs is 1. The van der Waals surface area contributed by atoms with Gasteiger partial charge in [0.1, 0.15) is 0 Å². The van der Waals surface area contributed by atoms with E-state index in [1.165, 1.54) is 11.8 Å². The molecule has 0 saturated heterocycles. The highest BCUT2D eigenvalue weighted by Crippen LogP contribution is 2.29. The molecule has 0 bridgehead atoms. The lowest BCUT2D eigenvalue weighted by atomic mass is 9.99. The molecule has 0 aliphatic heterocycles.